The van der Waals surface area contributed by atoms with E-state index in [9.17, 15) is 9.59 Å². The number of carbonyl (C=O) groups is 2. The van der Waals surface area contributed by atoms with Crippen LogP contribution in [0.5, 0.6) is 0 Å². The molecule has 2 aromatic rings. The summed E-state index contributed by atoms with van der Waals surface area (Å²) < 4.78 is 11.1. The number of hydrogen-bond donors (Lipinski definition) is 1. The minimum absolute atomic E-state index is 0.00810. The monoisotopic (exact) mass is 414 g/mol. The molecule has 8 heteroatoms. The highest BCUT2D eigenvalue weighted by atomic mass is 16.5. The highest BCUT2D eigenvalue weighted by Crippen LogP contribution is 2.21. The fraction of sp³-hybridized carbons (Fsp3) is 0.500. The molecule has 1 saturated heterocycles. The van der Waals surface area contributed by atoms with Crippen LogP contribution in [0.2, 0.25) is 0 Å². The number of ether oxygens (including phenoxy) is 1. The Bertz CT molecular complexity index is 816. The normalized spacial score (nSPS) is 16.0. The zero-order chi connectivity index (χ0) is 21.3. The van der Waals surface area contributed by atoms with Crippen LogP contribution < -0.4 is 5.32 Å². The van der Waals surface area contributed by atoms with Gasteiger partial charge in [0.15, 0.2) is 11.5 Å². The second kappa shape index (κ2) is 10.9. The molecular weight excluding hydrogens is 384 g/mol. The first kappa shape index (κ1) is 22.0. The number of likely N-dealkylation sites (N-methyl/N-ethyl adjacent to an activating group) is 1. The maximum absolute atomic E-state index is 13.1. The van der Waals surface area contributed by atoms with Gasteiger partial charge in [0.1, 0.15) is 0 Å². The summed E-state index contributed by atoms with van der Waals surface area (Å²) in [5.41, 5.74) is 1.09. The molecule has 8 nitrogen and oxygen atoms in total. The van der Waals surface area contributed by atoms with E-state index in [1.165, 1.54) is 0 Å². The highest BCUT2D eigenvalue weighted by Gasteiger charge is 2.26. The van der Waals surface area contributed by atoms with Crippen LogP contribution in [0, 0.1) is 0 Å². The van der Waals surface area contributed by atoms with Gasteiger partial charge in [-0.3, -0.25) is 9.59 Å². The quantitative estimate of drug-likeness (QED) is 0.640. The van der Waals surface area contributed by atoms with Crippen LogP contribution in [0.1, 0.15) is 29.8 Å². The topological polar surface area (TPSA) is 87.9 Å². The summed E-state index contributed by atoms with van der Waals surface area (Å²) in [6, 6.07) is 11.2. The predicted molar refractivity (Wildman–Crippen MR) is 113 cm³/mol. The van der Waals surface area contributed by atoms with Crippen molar-refractivity contribution in [1.29, 1.82) is 0 Å². The first-order chi connectivity index (χ1) is 14.5. The van der Waals surface area contributed by atoms with Gasteiger partial charge in [0.05, 0.1) is 6.10 Å². The molecule has 1 atom stereocenters. The summed E-state index contributed by atoms with van der Waals surface area (Å²) in [5.74, 6) is 0.210. The Morgan fingerprint density at radius 3 is 2.70 bits per heavy atom. The van der Waals surface area contributed by atoms with Crippen LogP contribution >= 0.6 is 0 Å². The van der Waals surface area contributed by atoms with Crippen molar-refractivity contribution in [3.63, 3.8) is 0 Å². The van der Waals surface area contributed by atoms with Gasteiger partial charge in [0.2, 0.25) is 5.91 Å². The van der Waals surface area contributed by atoms with Crippen LogP contribution in [0.25, 0.3) is 11.3 Å². The van der Waals surface area contributed by atoms with E-state index >= 15 is 0 Å². The number of amides is 2. The molecule has 1 aliphatic rings. The molecule has 162 valence electrons. The minimum Gasteiger partial charge on any atom is -0.376 e. The maximum Gasteiger partial charge on any atom is 0.276 e. The van der Waals surface area contributed by atoms with Crippen molar-refractivity contribution >= 4 is 11.8 Å². The molecular formula is C22H30N4O4. The molecule has 1 aliphatic heterocycles. The molecule has 0 saturated carbocycles. The summed E-state index contributed by atoms with van der Waals surface area (Å²) in [6.45, 7) is 2.80. The van der Waals surface area contributed by atoms with Crippen molar-refractivity contribution < 1.29 is 18.8 Å². The van der Waals surface area contributed by atoms with Crippen LogP contribution in [-0.4, -0.2) is 79.8 Å². The Morgan fingerprint density at radius 1 is 1.20 bits per heavy atom. The number of nitrogens with zero attached hydrogens (tertiary/aromatic N) is 3. The summed E-state index contributed by atoms with van der Waals surface area (Å²) in [7, 11) is 3.91. The van der Waals surface area contributed by atoms with Crippen LogP contribution in [-0.2, 0) is 9.53 Å². The molecule has 0 bridgehead atoms. The number of carbonyl (C=O) groups excluding carboxylic acids is 2. The average Bonchev–Trinajstić information content (AvgIpc) is 3.43. The Kier molecular flexibility index (Phi) is 7.98. The van der Waals surface area contributed by atoms with E-state index in [0.717, 1.165) is 24.9 Å². The lowest BCUT2D eigenvalue weighted by Crippen LogP contribution is -2.40. The molecule has 0 aliphatic carbocycles. The highest BCUT2D eigenvalue weighted by molar-refractivity contribution is 5.93. The number of aromatic nitrogens is 1. The van der Waals surface area contributed by atoms with Gasteiger partial charge < -0.3 is 24.4 Å². The fourth-order valence-corrected chi connectivity index (χ4v) is 3.33. The third kappa shape index (κ3) is 6.40. The minimum atomic E-state index is -0.252. The van der Waals surface area contributed by atoms with Gasteiger partial charge in [-0.2, -0.15) is 0 Å². The number of nitrogens with one attached hydrogen (secondary N) is 1. The first-order valence-electron chi connectivity index (χ1n) is 10.4. The van der Waals surface area contributed by atoms with Crippen LogP contribution in [0.15, 0.2) is 40.9 Å². The zero-order valence-corrected chi connectivity index (χ0v) is 17.7. The second-order valence-electron chi connectivity index (χ2n) is 7.73. The number of benzene rings is 1. The van der Waals surface area contributed by atoms with E-state index in [-0.39, 0.29) is 30.0 Å². The lowest BCUT2D eigenvalue weighted by atomic mass is 10.1. The van der Waals surface area contributed by atoms with Gasteiger partial charge in [-0.1, -0.05) is 35.5 Å². The Morgan fingerprint density at radius 2 is 2.00 bits per heavy atom. The molecule has 0 spiro atoms. The van der Waals surface area contributed by atoms with Crippen molar-refractivity contribution in [3.8, 4) is 11.3 Å². The summed E-state index contributed by atoms with van der Waals surface area (Å²) in [6.07, 6.45) is 2.12. The fourth-order valence-electron chi connectivity index (χ4n) is 3.33. The lowest BCUT2D eigenvalue weighted by molar-refractivity contribution is -0.121. The van der Waals surface area contributed by atoms with E-state index in [0.29, 0.717) is 32.0 Å². The summed E-state index contributed by atoms with van der Waals surface area (Å²) in [4.78, 5) is 28.9. The van der Waals surface area contributed by atoms with Crippen molar-refractivity contribution in [2.45, 2.75) is 25.4 Å². The van der Waals surface area contributed by atoms with Gasteiger partial charge in [0, 0.05) is 50.8 Å². The standard InChI is InChI=1S/C22H30N4O4/c1-25(2)13-11-23-21(27)10-12-26(16-18-9-6-14-29-18)22(28)19-15-20(30-24-19)17-7-4-3-5-8-17/h3-5,7-8,15,18H,6,9-14,16H2,1-2H3,(H,23,27)/t18-/m1/s1. The number of hydrogen-bond acceptors (Lipinski definition) is 6. The molecule has 30 heavy (non-hydrogen) atoms. The van der Waals surface area contributed by atoms with E-state index < -0.39 is 0 Å². The molecule has 2 amide bonds. The van der Waals surface area contributed by atoms with Gasteiger partial charge in [0.25, 0.3) is 5.91 Å². The molecule has 2 heterocycles. The molecule has 3 rings (SSSR count). The Balaban J connectivity index is 1.63. The molecule has 0 radical (unpaired) electrons. The largest absolute Gasteiger partial charge is 0.376 e. The van der Waals surface area contributed by atoms with Gasteiger partial charge in [-0.05, 0) is 26.9 Å². The Labute approximate surface area is 177 Å². The van der Waals surface area contributed by atoms with E-state index in [2.05, 4.69) is 10.5 Å². The first-order valence-corrected chi connectivity index (χ1v) is 10.4. The third-order valence-electron chi connectivity index (χ3n) is 5.01. The number of rotatable bonds is 10. The van der Waals surface area contributed by atoms with E-state index in [1.807, 2.05) is 49.3 Å². The molecule has 1 aromatic heterocycles. The smallest absolute Gasteiger partial charge is 0.276 e. The van der Waals surface area contributed by atoms with Gasteiger partial charge in [-0.15, -0.1) is 0 Å². The van der Waals surface area contributed by atoms with Crippen molar-refractivity contribution in [2.75, 3.05) is 46.9 Å². The third-order valence-corrected chi connectivity index (χ3v) is 5.01. The van der Waals surface area contributed by atoms with E-state index in [4.69, 9.17) is 9.26 Å². The molecule has 1 aromatic carbocycles. The van der Waals surface area contributed by atoms with Gasteiger partial charge in [-0.25, -0.2) is 0 Å². The SMILES string of the molecule is CN(C)CCNC(=O)CCN(C[C@H]1CCCO1)C(=O)c1cc(-c2ccccc2)on1. The predicted octanol–water partition coefficient (Wildman–Crippen LogP) is 2.03. The van der Waals surface area contributed by atoms with Crippen molar-refractivity contribution in [1.82, 2.24) is 20.3 Å². The van der Waals surface area contributed by atoms with Gasteiger partial charge >= 0.3 is 0 Å². The molecule has 1 fully saturated rings. The summed E-state index contributed by atoms with van der Waals surface area (Å²) in [5, 5.41) is 6.85. The second-order valence-corrected chi connectivity index (χ2v) is 7.73. The van der Waals surface area contributed by atoms with Crippen LogP contribution in [0.4, 0.5) is 0 Å². The lowest BCUT2D eigenvalue weighted by Gasteiger charge is -2.24. The zero-order valence-electron chi connectivity index (χ0n) is 17.7. The molecule has 0 unspecified atom stereocenters. The Hall–Kier alpha value is -2.71. The summed E-state index contributed by atoms with van der Waals surface area (Å²) >= 11 is 0. The molecule has 1 N–H and O–H groups in total. The average molecular weight is 415 g/mol. The van der Waals surface area contributed by atoms with Crippen LogP contribution in [0.3, 0.4) is 0 Å². The van der Waals surface area contributed by atoms with Crippen molar-refractivity contribution in [3.05, 3.63) is 42.1 Å². The maximum atomic E-state index is 13.1. The van der Waals surface area contributed by atoms with Crippen molar-refractivity contribution in [2.24, 2.45) is 0 Å². The van der Waals surface area contributed by atoms with E-state index in [1.54, 1.807) is 11.0 Å².